The van der Waals surface area contributed by atoms with Gasteiger partial charge in [0.2, 0.25) is 10.0 Å². The minimum absolute atomic E-state index is 0.00358. The first-order chi connectivity index (χ1) is 17.0. The van der Waals surface area contributed by atoms with Gasteiger partial charge in [-0.15, -0.1) is 0 Å². The third-order valence-corrected chi connectivity index (χ3v) is 8.68. The van der Waals surface area contributed by atoms with Crippen molar-refractivity contribution < 1.29 is 35.9 Å². The maximum atomic E-state index is 13.7. The molecule has 190 valence electrons. The van der Waals surface area contributed by atoms with Crippen LogP contribution in [0, 0.1) is 5.82 Å². The van der Waals surface area contributed by atoms with Crippen LogP contribution in [0.5, 0.6) is 5.75 Å². The summed E-state index contributed by atoms with van der Waals surface area (Å²) < 4.78 is 75.1. The molecule has 1 atom stereocenters. The van der Waals surface area contributed by atoms with Gasteiger partial charge < -0.3 is 9.84 Å². The zero-order valence-electron chi connectivity index (χ0n) is 18.3. The summed E-state index contributed by atoms with van der Waals surface area (Å²) in [6.07, 6.45) is -2.32. The Morgan fingerprint density at radius 3 is 2.44 bits per heavy atom. The van der Waals surface area contributed by atoms with Gasteiger partial charge in [-0.2, -0.15) is 0 Å². The number of carboxylic acid groups (broad SMARTS) is 1. The lowest BCUT2D eigenvalue weighted by atomic mass is 10.2. The predicted octanol–water partition coefficient (Wildman–Crippen LogP) is 3.50. The molecule has 0 fully saturated rings. The largest absolute Gasteiger partial charge is 0.485 e. The SMILES string of the molecule is O=C(O)Nc1ccc2c(c1)N(S(=O)(=O)c1ccc(F)c(Cl)c1)CC(CNS(=O)(=O)c1ccccc1)O2. The number of rotatable bonds is 7. The van der Waals surface area contributed by atoms with Crippen LogP contribution in [0.2, 0.25) is 5.02 Å². The highest BCUT2D eigenvalue weighted by Crippen LogP contribution is 2.39. The fraction of sp³-hybridized carbons (Fsp3) is 0.136. The van der Waals surface area contributed by atoms with Crippen LogP contribution in [0.4, 0.5) is 20.6 Å². The first-order valence-corrected chi connectivity index (χ1v) is 13.6. The lowest BCUT2D eigenvalue weighted by molar-refractivity contribution is 0.203. The number of hydrogen-bond donors (Lipinski definition) is 3. The minimum atomic E-state index is -4.35. The highest BCUT2D eigenvalue weighted by atomic mass is 35.5. The zero-order valence-corrected chi connectivity index (χ0v) is 20.6. The molecule has 3 aromatic carbocycles. The number of benzene rings is 3. The standard InChI is InChI=1S/C22H19ClFN3O7S2/c23-18-11-17(7-8-19(18)24)36(32,33)27-13-15(12-25-35(30,31)16-4-2-1-3-5-16)34-21-9-6-14(10-20(21)27)26-22(28)29/h1-11,15,25-26H,12-13H2,(H,28,29). The van der Waals surface area contributed by atoms with Crippen molar-refractivity contribution in [3.8, 4) is 5.75 Å². The van der Waals surface area contributed by atoms with E-state index in [9.17, 15) is 26.0 Å². The topological polar surface area (TPSA) is 142 Å². The Bertz CT molecular complexity index is 1520. The number of amides is 1. The van der Waals surface area contributed by atoms with Crippen molar-refractivity contribution in [2.45, 2.75) is 15.9 Å². The molecule has 4 rings (SSSR count). The third kappa shape index (κ3) is 5.38. The van der Waals surface area contributed by atoms with Gasteiger partial charge >= 0.3 is 6.09 Å². The monoisotopic (exact) mass is 555 g/mol. The van der Waals surface area contributed by atoms with E-state index in [1.165, 1.54) is 30.3 Å². The van der Waals surface area contributed by atoms with Crippen LogP contribution in [-0.2, 0) is 20.0 Å². The van der Waals surface area contributed by atoms with Crippen molar-refractivity contribution in [3.05, 3.63) is 77.6 Å². The molecule has 0 saturated heterocycles. The fourth-order valence-corrected chi connectivity index (χ4v) is 6.36. The first-order valence-electron chi connectivity index (χ1n) is 10.3. The molecule has 10 nitrogen and oxygen atoms in total. The van der Waals surface area contributed by atoms with E-state index in [0.717, 1.165) is 22.5 Å². The van der Waals surface area contributed by atoms with Crippen molar-refractivity contribution in [1.82, 2.24) is 4.72 Å². The van der Waals surface area contributed by atoms with Crippen molar-refractivity contribution in [1.29, 1.82) is 0 Å². The van der Waals surface area contributed by atoms with Crippen molar-refractivity contribution in [3.63, 3.8) is 0 Å². The number of nitrogens with one attached hydrogen (secondary N) is 2. The Kier molecular flexibility index (Phi) is 7.09. The van der Waals surface area contributed by atoms with Crippen LogP contribution in [0.1, 0.15) is 0 Å². The molecule has 0 spiro atoms. The molecule has 0 radical (unpaired) electrons. The summed E-state index contributed by atoms with van der Waals surface area (Å²) in [5.41, 5.74) is 0.0780. The number of anilines is 2. The Labute approximate surface area is 211 Å². The third-order valence-electron chi connectivity index (χ3n) is 5.18. The lowest BCUT2D eigenvalue weighted by Gasteiger charge is -2.35. The molecule has 36 heavy (non-hydrogen) atoms. The molecule has 0 bridgehead atoms. The van der Waals surface area contributed by atoms with Gasteiger partial charge in [-0.3, -0.25) is 9.62 Å². The lowest BCUT2D eigenvalue weighted by Crippen LogP contribution is -2.48. The highest BCUT2D eigenvalue weighted by Gasteiger charge is 2.36. The molecular formula is C22H19ClFN3O7S2. The highest BCUT2D eigenvalue weighted by molar-refractivity contribution is 7.92. The van der Waals surface area contributed by atoms with Crippen LogP contribution in [0.25, 0.3) is 0 Å². The number of carbonyl (C=O) groups is 1. The van der Waals surface area contributed by atoms with Gasteiger partial charge in [0.25, 0.3) is 10.0 Å². The van der Waals surface area contributed by atoms with Crippen molar-refractivity contribution in [2.75, 3.05) is 22.7 Å². The van der Waals surface area contributed by atoms with Crippen molar-refractivity contribution >= 4 is 49.1 Å². The Hall–Kier alpha value is -3.39. The molecule has 14 heteroatoms. The molecule has 3 aromatic rings. The van der Waals surface area contributed by atoms with E-state index in [4.69, 9.17) is 21.4 Å². The van der Waals surface area contributed by atoms with Gasteiger partial charge in [0.15, 0.2) is 0 Å². The van der Waals surface area contributed by atoms with E-state index in [-0.39, 0.29) is 40.0 Å². The summed E-state index contributed by atoms with van der Waals surface area (Å²) in [6, 6.07) is 14.5. The molecule has 1 amide bonds. The molecule has 1 aliphatic heterocycles. The normalized spacial score (nSPS) is 15.6. The predicted molar refractivity (Wildman–Crippen MR) is 130 cm³/mol. The van der Waals surface area contributed by atoms with Gasteiger partial charge in [0.1, 0.15) is 17.7 Å². The summed E-state index contributed by atoms with van der Waals surface area (Å²) >= 11 is 5.79. The molecule has 1 aliphatic rings. The van der Waals surface area contributed by atoms with Gasteiger partial charge in [0.05, 0.1) is 27.0 Å². The summed E-state index contributed by atoms with van der Waals surface area (Å²) in [4.78, 5) is 10.8. The number of ether oxygens (including phenoxy) is 1. The second-order valence-electron chi connectivity index (χ2n) is 7.63. The van der Waals surface area contributed by atoms with E-state index in [2.05, 4.69) is 10.0 Å². The van der Waals surface area contributed by atoms with E-state index in [1.54, 1.807) is 18.2 Å². The summed E-state index contributed by atoms with van der Waals surface area (Å²) in [7, 11) is -8.25. The summed E-state index contributed by atoms with van der Waals surface area (Å²) in [5.74, 6) is -0.739. The number of hydrogen-bond acceptors (Lipinski definition) is 6. The molecular weight excluding hydrogens is 537 g/mol. The number of halogens is 2. The fourth-order valence-electron chi connectivity index (χ4n) is 3.50. The number of nitrogens with zero attached hydrogens (tertiary/aromatic N) is 1. The van der Waals surface area contributed by atoms with Crippen molar-refractivity contribution in [2.24, 2.45) is 0 Å². The van der Waals surface area contributed by atoms with Gasteiger partial charge in [-0.05, 0) is 48.5 Å². The number of sulfonamides is 2. The second-order valence-corrected chi connectivity index (χ2v) is 11.7. The average molecular weight is 556 g/mol. The Balaban J connectivity index is 1.69. The van der Waals surface area contributed by atoms with E-state index < -0.39 is 43.1 Å². The van der Waals surface area contributed by atoms with Gasteiger partial charge in [0, 0.05) is 12.2 Å². The maximum Gasteiger partial charge on any atom is 0.409 e. The zero-order chi connectivity index (χ0) is 26.1. The van der Waals surface area contributed by atoms with Crippen LogP contribution in [-0.4, -0.2) is 47.2 Å². The molecule has 1 heterocycles. The van der Waals surface area contributed by atoms with Gasteiger partial charge in [-0.1, -0.05) is 29.8 Å². The summed E-state index contributed by atoms with van der Waals surface area (Å²) in [6.45, 7) is -0.611. The van der Waals surface area contributed by atoms with Crippen LogP contribution < -0.4 is 19.1 Å². The molecule has 0 aliphatic carbocycles. The number of fused-ring (bicyclic) bond motifs is 1. The molecule has 0 aromatic heterocycles. The van der Waals surface area contributed by atoms with E-state index in [1.807, 2.05) is 0 Å². The van der Waals surface area contributed by atoms with Gasteiger partial charge in [-0.25, -0.2) is 30.7 Å². The Morgan fingerprint density at radius 2 is 1.78 bits per heavy atom. The second kappa shape index (κ2) is 9.93. The van der Waals surface area contributed by atoms with E-state index in [0.29, 0.717) is 0 Å². The summed E-state index contributed by atoms with van der Waals surface area (Å²) in [5, 5.41) is 10.8. The molecule has 1 unspecified atom stereocenters. The first kappa shape index (κ1) is 25.7. The molecule has 3 N–H and O–H groups in total. The van der Waals surface area contributed by atoms with E-state index >= 15 is 0 Å². The Morgan fingerprint density at radius 1 is 1.06 bits per heavy atom. The average Bonchev–Trinajstić information content (AvgIpc) is 2.84. The smallest absolute Gasteiger partial charge is 0.409 e. The van der Waals surface area contributed by atoms with Crippen LogP contribution in [0.3, 0.4) is 0 Å². The van der Waals surface area contributed by atoms with Crippen LogP contribution >= 0.6 is 11.6 Å². The minimum Gasteiger partial charge on any atom is -0.485 e. The molecule has 0 saturated carbocycles. The van der Waals surface area contributed by atoms with Crippen LogP contribution in [0.15, 0.2) is 76.5 Å². The quantitative estimate of drug-likeness (QED) is 0.405. The maximum absolute atomic E-state index is 13.7.